The summed E-state index contributed by atoms with van der Waals surface area (Å²) in [7, 11) is 0. The van der Waals surface area contributed by atoms with Crippen LogP contribution in [0.5, 0.6) is 0 Å². The molecule has 1 aromatic carbocycles. The van der Waals surface area contributed by atoms with Crippen molar-refractivity contribution in [2.75, 3.05) is 18.1 Å². The van der Waals surface area contributed by atoms with Gasteiger partial charge in [-0.3, -0.25) is 0 Å². The summed E-state index contributed by atoms with van der Waals surface area (Å²) in [4.78, 5) is 4.45. The Labute approximate surface area is 122 Å². The van der Waals surface area contributed by atoms with Crippen LogP contribution in [0.25, 0.3) is 11.4 Å². The molecule has 4 nitrogen and oxygen atoms in total. The van der Waals surface area contributed by atoms with Gasteiger partial charge in [0.25, 0.3) is 0 Å². The Hall–Kier alpha value is -1.04. The first kappa shape index (κ1) is 14.4. The Bertz CT molecular complexity index is 500. The minimum atomic E-state index is 0. The number of hydrogen-bond donors (Lipinski definition) is 1. The zero-order chi connectivity index (χ0) is 12.2. The van der Waals surface area contributed by atoms with Crippen molar-refractivity contribution < 1.29 is 4.52 Å². The van der Waals surface area contributed by atoms with Crippen molar-refractivity contribution in [3.8, 4) is 11.4 Å². The number of rotatable bonds is 3. The monoisotopic (exact) mass is 297 g/mol. The molecule has 1 unspecified atom stereocenters. The molecule has 1 fully saturated rings. The van der Waals surface area contributed by atoms with Crippen molar-refractivity contribution in [2.24, 2.45) is 0 Å². The minimum Gasteiger partial charge on any atom is -0.339 e. The molecule has 0 saturated carbocycles. The first-order valence-corrected chi connectivity index (χ1v) is 7.26. The topological polar surface area (TPSA) is 51.0 Å². The van der Waals surface area contributed by atoms with Gasteiger partial charge in [-0.15, -0.1) is 12.4 Å². The van der Waals surface area contributed by atoms with E-state index in [1.54, 1.807) is 0 Å². The molecule has 0 radical (unpaired) electrons. The second kappa shape index (κ2) is 6.93. The van der Waals surface area contributed by atoms with Gasteiger partial charge in [-0.25, -0.2) is 0 Å². The van der Waals surface area contributed by atoms with Gasteiger partial charge in [0, 0.05) is 36.1 Å². The summed E-state index contributed by atoms with van der Waals surface area (Å²) < 4.78 is 5.31. The zero-order valence-electron chi connectivity index (χ0n) is 10.4. The van der Waals surface area contributed by atoms with Crippen LogP contribution < -0.4 is 5.32 Å². The Morgan fingerprint density at radius 1 is 1.32 bits per heavy atom. The van der Waals surface area contributed by atoms with E-state index in [-0.39, 0.29) is 12.4 Å². The smallest absolute Gasteiger partial charge is 0.228 e. The number of aromatic nitrogens is 2. The van der Waals surface area contributed by atoms with Crippen LogP contribution in [0.3, 0.4) is 0 Å². The molecule has 1 saturated heterocycles. The predicted molar refractivity (Wildman–Crippen MR) is 79.8 cm³/mol. The first-order chi connectivity index (χ1) is 8.92. The van der Waals surface area contributed by atoms with Crippen LogP contribution in [0.2, 0.25) is 0 Å². The van der Waals surface area contributed by atoms with Gasteiger partial charge >= 0.3 is 0 Å². The van der Waals surface area contributed by atoms with Gasteiger partial charge in [0.1, 0.15) is 0 Å². The van der Waals surface area contributed by atoms with E-state index in [0.29, 0.717) is 17.8 Å². The summed E-state index contributed by atoms with van der Waals surface area (Å²) in [6.45, 7) is 1.06. The summed E-state index contributed by atoms with van der Waals surface area (Å²) in [5, 5.41) is 7.50. The maximum Gasteiger partial charge on any atom is 0.228 e. The second-order valence-corrected chi connectivity index (χ2v) is 5.46. The fraction of sp³-hybridized carbons (Fsp3) is 0.385. The highest BCUT2D eigenvalue weighted by atomic mass is 35.5. The normalized spacial score (nSPS) is 18.8. The molecule has 0 bridgehead atoms. The van der Waals surface area contributed by atoms with Crippen molar-refractivity contribution in [2.45, 2.75) is 12.5 Å². The molecule has 3 rings (SSSR count). The van der Waals surface area contributed by atoms with E-state index in [2.05, 4.69) is 15.5 Å². The fourth-order valence-electron chi connectivity index (χ4n) is 2.00. The molecule has 2 aromatic rings. The molecule has 1 aliphatic rings. The summed E-state index contributed by atoms with van der Waals surface area (Å²) >= 11 is 1.97. The number of nitrogens with one attached hydrogen (secondary N) is 1. The lowest BCUT2D eigenvalue weighted by molar-refractivity contribution is 0.363. The van der Waals surface area contributed by atoms with E-state index in [4.69, 9.17) is 4.52 Å². The van der Waals surface area contributed by atoms with E-state index in [9.17, 15) is 0 Å². The second-order valence-electron chi connectivity index (χ2n) is 4.31. The Balaban J connectivity index is 0.00000133. The molecule has 0 amide bonds. The predicted octanol–water partition coefficient (Wildman–Crippen LogP) is 2.41. The highest BCUT2D eigenvalue weighted by molar-refractivity contribution is 7.99. The Kier molecular flexibility index (Phi) is 5.24. The van der Waals surface area contributed by atoms with Gasteiger partial charge in [0.2, 0.25) is 11.7 Å². The van der Waals surface area contributed by atoms with E-state index in [1.807, 2.05) is 42.1 Å². The first-order valence-electron chi connectivity index (χ1n) is 6.11. The summed E-state index contributed by atoms with van der Waals surface area (Å²) in [6.07, 6.45) is 0.812. The molecule has 19 heavy (non-hydrogen) atoms. The third-order valence-electron chi connectivity index (χ3n) is 2.92. The zero-order valence-corrected chi connectivity index (χ0v) is 12.0. The molecule has 6 heteroatoms. The van der Waals surface area contributed by atoms with Crippen LogP contribution in [-0.2, 0) is 6.42 Å². The lowest BCUT2D eigenvalue weighted by atomic mass is 10.2. The van der Waals surface area contributed by atoms with Crippen molar-refractivity contribution in [1.82, 2.24) is 15.5 Å². The van der Waals surface area contributed by atoms with E-state index in [1.165, 1.54) is 5.75 Å². The fourth-order valence-corrected chi connectivity index (χ4v) is 2.95. The van der Waals surface area contributed by atoms with Crippen LogP contribution in [0, 0.1) is 0 Å². The van der Waals surface area contributed by atoms with E-state index in [0.717, 1.165) is 24.3 Å². The molecule has 1 N–H and O–H groups in total. The maximum absolute atomic E-state index is 5.31. The van der Waals surface area contributed by atoms with Crippen molar-refractivity contribution in [1.29, 1.82) is 0 Å². The van der Waals surface area contributed by atoms with Gasteiger partial charge < -0.3 is 9.84 Å². The Morgan fingerprint density at radius 3 is 2.89 bits per heavy atom. The maximum atomic E-state index is 5.31. The lowest BCUT2D eigenvalue weighted by Gasteiger charge is -2.21. The SMILES string of the molecule is Cl.c1ccc(-c2noc(CC3CSCCN3)n2)cc1. The Morgan fingerprint density at radius 2 is 2.16 bits per heavy atom. The van der Waals surface area contributed by atoms with Gasteiger partial charge in [0.15, 0.2) is 0 Å². The molecule has 1 aliphatic heterocycles. The molecule has 0 spiro atoms. The molecule has 102 valence electrons. The number of benzene rings is 1. The number of halogens is 1. The number of hydrogen-bond acceptors (Lipinski definition) is 5. The molecule has 0 aliphatic carbocycles. The summed E-state index contributed by atoms with van der Waals surface area (Å²) in [5.41, 5.74) is 0.999. The van der Waals surface area contributed by atoms with Gasteiger partial charge in [-0.1, -0.05) is 35.5 Å². The average molecular weight is 298 g/mol. The molecule has 2 heterocycles. The lowest BCUT2D eigenvalue weighted by Crippen LogP contribution is -2.38. The quantitative estimate of drug-likeness (QED) is 0.943. The van der Waals surface area contributed by atoms with Crippen LogP contribution in [0.15, 0.2) is 34.9 Å². The van der Waals surface area contributed by atoms with Crippen molar-refractivity contribution in [3.05, 3.63) is 36.2 Å². The average Bonchev–Trinajstić information content (AvgIpc) is 2.89. The van der Waals surface area contributed by atoms with Crippen LogP contribution in [-0.4, -0.2) is 34.2 Å². The van der Waals surface area contributed by atoms with Gasteiger partial charge in [-0.05, 0) is 0 Å². The van der Waals surface area contributed by atoms with Gasteiger partial charge in [0.05, 0.1) is 0 Å². The number of nitrogens with zero attached hydrogens (tertiary/aromatic N) is 2. The van der Waals surface area contributed by atoms with Crippen molar-refractivity contribution >= 4 is 24.2 Å². The van der Waals surface area contributed by atoms with Crippen LogP contribution in [0.4, 0.5) is 0 Å². The summed E-state index contributed by atoms with van der Waals surface area (Å²) in [5.74, 6) is 3.70. The number of thioether (sulfide) groups is 1. The van der Waals surface area contributed by atoms with Crippen LogP contribution >= 0.6 is 24.2 Å². The third-order valence-corrected chi connectivity index (χ3v) is 4.05. The highest BCUT2D eigenvalue weighted by Gasteiger charge is 2.17. The summed E-state index contributed by atoms with van der Waals surface area (Å²) in [6, 6.07) is 10.4. The molecule has 1 atom stereocenters. The molecule has 1 aromatic heterocycles. The van der Waals surface area contributed by atoms with E-state index < -0.39 is 0 Å². The standard InChI is InChI=1S/C13H15N3OS.ClH/c1-2-4-10(5-3-1)13-15-12(17-16-13)8-11-9-18-7-6-14-11;/h1-5,11,14H,6-9H2;1H. The van der Waals surface area contributed by atoms with Gasteiger partial charge in [-0.2, -0.15) is 16.7 Å². The van der Waals surface area contributed by atoms with Crippen molar-refractivity contribution in [3.63, 3.8) is 0 Å². The van der Waals surface area contributed by atoms with E-state index >= 15 is 0 Å². The van der Waals surface area contributed by atoms with Crippen LogP contribution in [0.1, 0.15) is 5.89 Å². The third kappa shape index (κ3) is 3.72. The minimum absolute atomic E-state index is 0. The largest absolute Gasteiger partial charge is 0.339 e. The molecular weight excluding hydrogens is 282 g/mol. The highest BCUT2D eigenvalue weighted by Crippen LogP contribution is 2.17. The molecular formula is C13H16ClN3OS.